The third kappa shape index (κ3) is 3.52. The van der Waals surface area contributed by atoms with E-state index in [2.05, 4.69) is 4.74 Å². The molecule has 5 nitrogen and oxygen atoms in total. The summed E-state index contributed by atoms with van der Waals surface area (Å²) in [7, 11) is 1.27. The number of hydrogen-bond donors (Lipinski definition) is 0. The van der Waals surface area contributed by atoms with Crippen LogP contribution in [0.2, 0.25) is 0 Å². The molecule has 2 aromatic rings. The van der Waals surface area contributed by atoms with Gasteiger partial charge in [0.25, 0.3) is 0 Å². The van der Waals surface area contributed by atoms with Crippen LogP contribution in [0.4, 0.5) is 4.39 Å². The molecule has 0 aromatic heterocycles. The lowest BCUT2D eigenvalue weighted by Crippen LogP contribution is -2.24. The molecule has 25 heavy (non-hydrogen) atoms. The Morgan fingerprint density at radius 1 is 1.24 bits per heavy atom. The third-order valence-electron chi connectivity index (χ3n) is 3.63. The fourth-order valence-corrected chi connectivity index (χ4v) is 2.41. The van der Waals surface area contributed by atoms with Crippen molar-refractivity contribution in [1.29, 1.82) is 0 Å². The van der Waals surface area contributed by atoms with Crippen molar-refractivity contribution in [2.75, 3.05) is 7.11 Å². The van der Waals surface area contributed by atoms with Gasteiger partial charge in [-0.2, -0.15) is 0 Å². The number of esters is 1. The quantitative estimate of drug-likeness (QED) is 0.630. The first-order valence-electron chi connectivity index (χ1n) is 7.56. The second-order valence-corrected chi connectivity index (χ2v) is 5.44. The highest BCUT2D eigenvalue weighted by Crippen LogP contribution is 2.35. The number of benzene rings is 2. The molecule has 0 fully saturated rings. The number of Topliss-reactive ketones (excluding diaryl/α,β-unsaturated/α-hetero) is 1. The van der Waals surface area contributed by atoms with Crippen LogP contribution in [-0.4, -0.2) is 25.0 Å². The standard InChI is InChI=1S/C19H15FO5/c1-11(19(22)23-2)24-14-6-7-15-16(10-14)25-17(18(15)21)9-12-4-3-5-13(20)8-12/h3-11H,1-2H3/t11-/m1/s1. The van der Waals surface area contributed by atoms with E-state index >= 15 is 0 Å². The number of hydrogen-bond acceptors (Lipinski definition) is 5. The molecule has 0 amide bonds. The van der Waals surface area contributed by atoms with Gasteiger partial charge < -0.3 is 14.2 Å². The molecule has 0 saturated carbocycles. The molecule has 1 atom stereocenters. The van der Waals surface area contributed by atoms with Crippen molar-refractivity contribution < 1.29 is 28.2 Å². The summed E-state index contributed by atoms with van der Waals surface area (Å²) in [5.41, 5.74) is 0.896. The van der Waals surface area contributed by atoms with Gasteiger partial charge in [-0.3, -0.25) is 4.79 Å². The molecule has 128 valence electrons. The molecule has 0 aliphatic carbocycles. The Bertz CT molecular complexity index is 872. The molecule has 6 heteroatoms. The molecule has 1 aliphatic rings. The molecule has 0 bridgehead atoms. The number of rotatable bonds is 4. The topological polar surface area (TPSA) is 61.8 Å². The minimum absolute atomic E-state index is 0.0961. The number of ketones is 1. The smallest absolute Gasteiger partial charge is 0.346 e. The molecule has 0 unspecified atom stereocenters. The number of halogens is 1. The Kier molecular flexibility index (Phi) is 4.52. The number of carbonyl (C=O) groups is 2. The minimum atomic E-state index is -0.789. The number of carbonyl (C=O) groups excluding carboxylic acids is 2. The Hall–Kier alpha value is -3.15. The molecular weight excluding hydrogens is 327 g/mol. The van der Waals surface area contributed by atoms with Crippen molar-refractivity contribution in [2.24, 2.45) is 0 Å². The SMILES string of the molecule is COC(=O)[C@@H](C)Oc1ccc2c(c1)OC(=Cc1cccc(F)c1)C2=O. The maximum absolute atomic E-state index is 13.3. The van der Waals surface area contributed by atoms with Crippen molar-refractivity contribution >= 4 is 17.8 Å². The zero-order valence-electron chi connectivity index (χ0n) is 13.6. The lowest BCUT2D eigenvalue weighted by Gasteiger charge is -2.12. The second-order valence-electron chi connectivity index (χ2n) is 5.44. The Morgan fingerprint density at radius 3 is 2.76 bits per heavy atom. The van der Waals surface area contributed by atoms with E-state index in [9.17, 15) is 14.0 Å². The molecule has 1 aliphatic heterocycles. The maximum Gasteiger partial charge on any atom is 0.346 e. The van der Waals surface area contributed by atoms with Gasteiger partial charge in [0.2, 0.25) is 5.78 Å². The molecule has 2 aromatic carbocycles. The van der Waals surface area contributed by atoms with Crippen LogP contribution >= 0.6 is 0 Å². The molecule has 1 heterocycles. The molecular formula is C19H15FO5. The van der Waals surface area contributed by atoms with Gasteiger partial charge in [0.15, 0.2) is 11.9 Å². The van der Waals surface area contributed by atoms with E-state index in [1.165, 1.54) is 31.4 Å². The highest BCUT2D eigenvalue weighted by molar-refractivity contribution is 6.14. The summed E-state index contributed by atoms with van der Waals surface area (Å²) in [6.07, 6.45) is 0.686. The Balaban J connectivity index is 1.83. The molecule has 0 spiro atoms. The van der Waals surface area contributed by atoms with E-state index in [1.807, 2.05) is 0 Å². The van der Waals surface area contributed by atoms with E-state index < -0.39 is 17.9 Å². The maximum atomic E-state index is 13.3. The third-order valence-corrected chi connectivity index (χ3v) is 3.63. The first-order valence-corrected chi connectivity index (χ1v) is 7.56. The first-order chi connectivity index (χ1) is 12.0. The van der Waals surface area contributed by atoms with Gasteiger partial charge >= 0.3 is 5.97 Å². The summed E-state index contributed by atoms with van der Waals surface area (Å²) >= 11 is 0. The average Bonchev–Trinajstić information content (AvgIpc) is 2.89. The van der Waals surface area contributed by atoms with Gasteiger partial charge in [-0.25, -0.2) is 9.18 Å². The van der Waals surface area contributed by atoms with Crippen molar-refractivity contribution in [3.63, 3.8) is 0 Å². The largest absolute Gasteiger partial charge is 0.479 e. The van der Waals surface area contributed by atoms with Crippen molar-refractivity contribution in [1.82, 2.24) is 0 Å². The molecule has 3 rings (SSSR count). The van der Waals surface area contributed by atoms with Gasteiger partial charge in [0, 0.05) is 6.07 Å². The van der Waals surface area contributed by atoms with E-state index in [0.717, 1.165) is 0 Å². The van der Waals surface area contributed by atoms with Crippen LogP contribution in [0.3, 0.4) is 0 Å². The fraction of sp³-hybridized carbons (Fsp3) is 0.158. The van der Waals surface area contributed by atoms with Gasteiger partial charge in [-0.05, 0) is 42.8 Å². The summed E-state index contributed by atoms with van der Waals surface area (Å²) in [5, 5.41) is 0. The van der Waals surface area contributed by atoms with E-state index in [0.29, 0.717) is 22.6 Å². The van der Waals surface area contributed by atoms with Gasteiger partial charge in [-0.1, -0.05) is 12.1 Å². The van der Waals surface area contributed by atoms with Crippen LogP contribution in [0.25, 0.3) is 6.08 Å². The van der Waals surface area contributed by atoms with E-state index in [-0.39, 0.29) is 11.5 Å². The highest BCUT2D eigenvalue weighted by atomic mass is 19.1. The second kappa shape index (κ2) is 6.76. The van der Waals surface area contributed by atoms with Crippen LogP contribution < -0.4 is 9.47 Å². The molecule has 0 radical (unpaired) electrons. The molecule has 0 N–H and O–H groups in total. The zero-order valence-corrected chi connectivity index (χ0v) is 13.6. The lowest BCUT2D eigenvalue weighted by molar-refractivity contribution is -0.147. The summed E-state index contributed by atoms with van der Waals surface area (Å²) < 4.78 is 28.9. The number of methoxy groups -OCH3 is 1. The Labute approximate surface area is 143 Å². The average molecular weight is 342 g/mol. The lowest BCUT2D eigenvalue weighted by atomic mass is 10.1. The van der Waals surface area contributed by atoms with Crippen LogP contribution in [0.15, 0.2) is 48.2 Å². The highest BCUT2D eigenvalue weighted by Gasteiger charge is 2.28. The van der Waals surface area contributed by atoms with Gasteiger partial charge in [-0.15, -0.1) is 0 Å². The van der Waals surface area contributed by atoms with Crippen molar-refractivity contribution in [2.45, 2.75) is 13.0 Å². The van der Waals surface area contributed by atoms with Crippen LogP contribution in [-0.2, 0) is 9.53 Å². The first kappa shape index (κ1) is 16.7. The van der Waals surface area contributed by atoms with Crippen LogP contribution in [0.5, 0.6) is 11.5 Å². The predicted molar refractivity (Wildman–Crippen MR) is 87.9 cm³/mol. The van der Waals surface area contributed by atoms with Crippen LogP contribution in [0.1, 0.15) is 22.8 Å². The zero-order chi connectivity index (χ0) is 18.0. The Morgan fingerprint density at radius 2 is 2.04 bits per heavy atom. The van der Waals surface area contributed by atoms with E-state index in [1.54, 1.807) is 31.2 Å². The summed E-state index contributed by atoms with van der Waals surface area (Å²) in [6, 6.07) is 10.5. The number of fused-ring (bicyclic) bond motifs is 1. The number of allylic oxidation sites excluding steroid dienone is 1. The van der Waals surface area contributed by atoms with Gasteiger partial charge in [0.05, 0.1) is 12.7 Å². The van der Waals surface area contributed by atoms with Crippen molar-refractivity contribution in [3.05, 3.63) is 65.2 Å². The minimum Gasteiger partial charge on any atom is -0.479 e. The monoisotopic (exact) mass is 342 g/mol. The normalized spacial score (nSPS) is 15.5. The summed E-state index contributed by atoms with van der Waals surface area (Å²) in [6.45, 7) is 1.56. The van der Waals surface area contributed by atoms with Gasteiger partial charge in [0.1, 0.15) is 17.3 Å². The van der Waals surface area contributed by atoms with Crippen LogP contribution in [0, 0.1) is 5.82 Å². The predicted octanol–water partition coefficient (Wildman–Crippen LogP) is 3.38. The van der Waals surface area contributed by atoms with E-state index in [4.69, 9.17) is 9.47 Å². The summed E-state index contributed by atoms with van der Waals surface area (Å²) in [4.78, 5) is 23.8. The molecule has 0 saturated heterocycles. The summed E-state index contributed by atoms with van der Waals surface area (Å²) in [5.74, 6) is -0.418. The van der Waals surface area contributed by atoms with Crippen molar-refractivity contribution in [3.8, 4) is 11.5 Å². The fourth-order valence-electron chi connectivity index (χ4n) is 2.41. The number of ether oxygens (including phenoxy) is 3.